The van der Waals surface area contributed by atoms with Crippen molar-refractivity contribution in [2.45, 2.75) is 50.2 Å². The minimum atomic E-state index is -3.85. The fraction of sp³-hybridized carbons (Fsp3) is 0.310. The molecule has 2 aromatic carbocycles. The van der Waals surface area contributed by atoms with Crippen LogP contribution in [0.25, 0.3) is 11.1 Å². The highest BCUT2D eigenvalue weighted by Gasteiger charge is 2.50. The zero-order chi connectivity index (χ0) is 30.8. The van der Waals surface area contributed by atoms with Gasteiger partial charge in [0.05, 0.1) is 22.2 Å². The number of nitrogens with zero attached hydrogens (tertiary/aromatic N) is 3. The maximum absolute atomic E-state index is 13.5. The smallest absolute Gasteiger partial charge is 0.274 e. The predicted octanol–water partition coefficient (Wildman–Crippen LogP) is 3.63. The second-order valence-corrected chi connectivity index (χ2v) is 14.9. The number of hydrogen-bond acceptors (Lipinski definition) is 9. The number of nitrogens with one attached hydrogen (secondary N) is 2. The van der Waals surface area contributed by atoms with E-state index in [0.717, 1.165) is 0 Å². The van der Waals surface area contributed by atoms with Crippen LogP contribution >= 0.6 is 0 Å². The van der Waals surface area contributed by atoms with Crippen LogP contribution in [-0.2, 0) is 29.5 Å². The van der Waals surface area contributed by atoms with Crippen molar-refractivity contribution in [1.29, 1.82) is 5.26 Å². The number of pyridine rings is 1. The van der Waals surface area contributed by atoms with Crippen LogP contribution in [-0.4, -0.2) is 56.1 Å². The second-order valence-electron chi connectivity index (χ2n) is 10.9. The van der Waals surface area contributed by atoms with Crippen LogP contribution < -0.4 is 10.0 Å². The molecule has 0 saturated carbocycles. The third kappa shape index (κ3) is 7.02. The van der Waals surface area contributed by atoms with Gasteiger partial charge in [0.25, 0.3) is 5.91 Å². The Morgan fingerprint density at radius 1 is 1.05 bits per heavy atom. The summed E-state index contributed by atoms with van der Waals surface area (Å²) < 4.78 is 54.0. The standard InChI is InChI=1S/C29H31N5O6S2/c1-5-41(36,37)19-29(16-24(33-40-29)21-10-8-9-20(15-21)17-30)27(35)32-26-14-13-22(18-31-26)23-11-6-7-12-25(23)42(38,39)34-28(2,3)4/h6-15,18,34H,5,16,19H2,1-4H3,(H,31,32,35). The van der Waals surface area contributed by atoms with Crippen molar-refractivity contribution < 1.29 is 26.5 Å². The lowest BCUT2D eigenvalue weighted by atomic mass is 9.94. The van der Waals surface area contributed by atoms with Gasteiger partial charge < -0.3 is 10.2 Å². The first kappa shape index (κ1) is 30.8. The number of rotatable bonds is 9. The van der Waals surface area contributed by atoms with Crippen molar-refractivity contribution >= 4 is 37.3 Å². The lowest BCUT2D eigenvalue weighted by molar-refractivity contribution is -0.135. The van der Waals surface area contributed by atoms with Gasteiger partial charge in [-0.3, -0.25) is 4.79 Å². The Kier molecular flexibility index (Phi) is 8.54. The summed E-state index contributed by atoms with van der Waals surface area (Å²) in [6.45, 7) is 6.71. The Morgan fingerprint density at radius 2 is 1.79 bits per heavy atom. The maximum Gasteiger partial charge on any atom is 0.274 e. The number of carbonyl (C=O) groups excluding carboxylic acids is 1. The van der Waals surface area contributed by atoms with Gasteiger partial charge in [0.15, 0.2) is 9.84 Å². The first-order valence-corrected chi connectivity index (χ1v) is 16.3. The Bertz CT molecular complexity index is 1790. The highest BCUT2D eigenvalue weighted by molar-refractivity contribution is 7.91. The van der Waals surface area contributed by atoms with Gasteiger partial charge in [-0.05, 0) is 51.1 Å². The van der Waals surface area contributed by atoms with Crippen molar-refractivity contribution in [3.05, 3.63) is 78.0 Å². The summed E-state index contributed by atoms with van der Waals surface area (Å²) in [5, 5.41) is 15.9. The number of aromatic nitrogens is 1. The Labute approximate surface area is 245 Å². The molecule has 1 aliphatic rings. The van der Waals surface area contributed by atoms with E-state index < -0.39 is 42.7 Å². The molecular formula is C29H31N5O6S2. The van der Waals surface area contributed by atoms with E-state index >= 15 is 0 Å². The first-order valence-electron chi connectivity index (χ1n) is 13.0. The molecule has 42 heavy (non-hydrogen) atoms. The average Bonchev–Trinajstić information content (AvgIpc) is 3.37. The summed E-state index contributed by atoms with van der Waals surface area (Å²) in [5.41, 5.74) is -0.385. The molecule has 220 valence electrons. The molecule has 0 saturated heterocycles. The summed E-state index contributed by atoms with van der Waals surface area (Å²) in [7, 11) is -7.54. The van der Waals surface area contributed by atoms with Crippen LogP contribution in [0.4, 0.5) is 5.82 Å². The van der Waals surface area contributed by atoms with Gasteiger partial charge in [-0.25, -0.2) is 26.5 Å². The molecule has 13 heteroatoms. The first-order chi connectivity index (χ1) is 19.7. The second kappa shape index (κ2) is 11.6. The molecule has 0 fully saturated rings. The van der Waals surface area contributed by atoms with Crippen LogP contribution in [0.1, 0.15) is 45.2 Å². The third-order valence-electron chi connectivity index (χ3n) is 6.35. The summed E-state index contributed by atoms with van der Waals surface area (Å²) >= 11 is 0. The van der Waals surface area contributed by atoms with Crippen LogP contribution in [0.15, 0.2) is 76.9 Å². The molecule has 0 spiro atoms. The zero-order valence-electron chi connectivity index (χ0n) is 23.6. The Balaban J connectivity index is 1.60. The topological polar surface area (TPSA) is 168 Å². The fourth-order valence-electron chi connectivity index (χ4n) is 4.38. The van der Waals surface area contributed by atoms with Crippen molar-refractivity contribution in [3.63, 3.8) is 0 Å². The number of nitriles is 1. The molecule has 1 amide bonds. The van der Waals surface area contributed by atoms with E-state index in [-0.39, 0.29) is 22.9 Å². The molecule has 2 heterocycles. The van der Waals surface area contributed by atoms with Crippen molar-refractivity contribution in [1.82, 2.24) is 9.71 Å². The number of hydrogen-bond donors (Lipinski definition) is 2. The number of carbonyl (C=O) groups is 1. The largest absolute Gasteiger partial charge is 0.377 e. The zero-order valence-corrected chi connectivity index (χ0v) is 25.2. The van der Waals surface area contributed by atoms with Crippen molar-refractivity contribution in [3.8, 4) is 17.2 Å². The van der Waals surface area contributed by atoms with Gasteiger partial charge in [-0.15, -0.1) is 0 Å². The molecule has 0 radical (unpaired) electrons. The average molecular weight is 610 g/mol. The summed E-state index contributed by atoms with van der Waals surface area (Å²) in [6.07, 6.45) is 1.28. The van der Waals surface area contributed by atoms with Crippen molar-refractivity contribution in [2.75, 3.05) is 16.8 Å². The van der Waals surface area contributed by atoms with E-state index in [1.165, 1.54) is 25.3 Å². The Hall–Kier alpha value is -4.12. The molecule has 1 aliphatic heterocycles. The fourth-order valence-corrected chi connectivity index (χ4v) is 7.23. The van der Waals surface area contributed by atoms with Gasteiger partial charge >= 0.3 is 0 Å². The molecule has 0 aliphatic carbocycles. The van der Waals surface area contributed by atoms with Gasteiger partial charge in [0.2, 0.25) is 15.6 Å². The maximum atomic E-state index is 13.5. The van der Waals surface area contributed by atoms with E-state index in [9.17, 15) is 26.9 Å². The third-order valence-corrected chi connectivity index (χ3v) is 9.95. The number of oxime groups is 1. The molecule has 3 aromatic rings. The van der Waals surface area contributed by atoms with Crippen LogP contribution in [0.3, 0.4) is 0 Å². The molecule has 1 atom stereocenters. The molecule has 0 bridgehead atoms. The molecule has 2 N–H and O–H groups in total. The van der Waals surface area contributed by atoms with Crippen molar-refractivity contribution in [2.24, 2.45) is 5.16 Å². The van der Waals surface area contributed by atoms with Gasteiger partial charge in [-0.1, -0.05) is 42.4 Å². The minimum absolute atomic E-state index is 0.0757. The predicted molar refractivity (Wildman–Crippen MR) is 159 cm³/mol. The minimum Gasteiger partial charge on any atom is -0.377 e. The molecule has 1 aromatic heterocycles. The van der Waals surface area contributed by atoms with Crippen LogP contribution in [0.5, 0.6) is 0 Å². The molecule has 1 unspecified atom stereocenters. The summed E-state index contributed by atoms with van der Waals surface area (Å²) in [6, 6.07) is 18.2. The highest BCUT2D eigenvalue weighted by Crippen LogP contribution is 2.32. The molecule has 4 rings (SSSR count). The SMILES string of the molecule is CCS(=O)(=O)CC1(C(=O)Nc2ccc(-c3ccccc3S(=O)(=O)NC(C)(C)C)cn2)CC(c2cccc(C#N)c2)=NO1. The van der Waals surface area contributed by atoms with Gasteiger partial charge in [0.1, 0.15) is 11.6 Å². The van der Waals surface area contributed by atoms with Gasteiger partial charge in [-0.2, -0.15) is 5.26 Å². The van der Waals surface area contributed by atoms with Gasteiger partial charge in [0, 0.05) is 40.6 Å². The van der Waals surface area contributed by atoms with E-state index in [1.807, 2.05) is 6.07 Å². The normalized spacial score (nSPS) is 17.2. The monoisotopic (exact) mass is 609 g/mol. The lowest BCUT2D eigenvalue weighted by Gasteiger charge is -2.25. The van der Waals surface area contributed by atoms with Crippen LogP contribution in [0.2, 0.25) is 0 Å². The lowest BCUT2D eigenvalue weighted by Crippen LogP contribution is -2.49. The highest BCUT2D eigenvalue weighted by atomic mass is 32.2. The summed E-state index contributed by atoms with van der Waals surface area (Å²) in [5.74, 6) is -1.47. The number of sulfone groups is 1. The number of anilines is 1. The number of benzene rings is 2. The van der Waals surface area contributed by atoms with E-state index in [0.29, 0.717) is 28.0 Å². The number of amides is 1. The van der Waals surface area contributed by atoms with Crippen LogP contribution in [0, 0.1) is 11.3 Å². The van der Waals surface area contributed by atoms with E-state index in [1.54, 1.807) is 69.3 Å². The molecule has 11 nitrogen and oxygen atoms in total. The number of sulfonamides is 1. The quantitative estimate of drug-likeness (QED) is 0.371. The summed E-state index contributed by atoms with van der Waals surface area (Å²) in [4.78, 5) is 23.5. The van der Waals surface area contributed by atoms with E-state index in [4.69, 9.17) is 4.84 Å². The Morgan fingerprint density at radius 3 is 2.43 bits per heavy atom. The molecular weight excluding hydrogens is 578 g/mol. The van der Waals surface area contributed by atoms with E-state index in [2.05, 4.69) is 20.2 Å².